The van der Waals surface area contributed by atoms with Crippen LogP contribution in [-0.2, 0) is 21.7 Å². The largest absolute Gasteiger partial charge is 0.497 e. The first kappa shape index (κ1) is 30.5. The van der Waals surface area contributed by atoms with Gasteiger partial charge in [0.15, 0.2) is 0 Å². The number of carbonyl (C=O) groups is 2. The second-order valence-corrected chi connectivity index (χ2v) is 9.31. The van der Waals surface area contributed by atoms with E-state index in [2.05, 4.69) is 10.6 Å². The van der Waals surface area contributed by atoms with Crippen LogP contribution >= 0.6 is 0 Å². The molecule has 3 aromatic rings. The molecule has 1 unspecified atom stereocenters. The average Bonchev–Trinajstić information content (AvgIpc) is 2.99. The highest BCUT2D eigenvalue weighted by Crippen LogP contribution is 2.39. The summed E-state index contributed by atoms with van der Waals surface area (Å²) in [6.45, 7) is 0.171. The van der Waals surface area contributed by atoms with Gasteiger partial charge in [-0.2, -0.15) is 0 Å². The second-order valence-electron chi connectivity index (χ2n) is 9.31. The van der Waals surface area contributed by atoms with Gasteiger partial charge in [-0.05, 0) is 53.8 Å². The van der Waals surface area contributed by atoms with Gasteiger partial charge in [0.2, 0.25) is 5.91 Å². The Kier molecular flexibility index (Phi) is 11.8. The van der Waals surface area contributed by atoms with Gasteiger partial charge >= 0.3 is 6.09 Å². The molecule has 0 aliphatic carbocycles. The molecule has 0 spiro atoms. The van der Waals surface area contributed by atoms with Crippen LogP contribution in [0.15, 0.2) is 78.9 Å². The van der Waals surface area contributed by atoms with Gasteiger partial charge in [-0.1, -0.05) is 61.0 Å². The molecule has 0 aromatic heterocycles. The van der Waals surface area contributed by atoms with Gasteiger partial charge in [-0.15, -0.1) is 0 Å². The van der Waals surface area contributed by atoms with E-state index in [4.69, 9.17) is 19.3 Å². The van der Waals surface area contributed by atoms with Crippen molar-refractivity contribution in [2.24, 2.45) is 0 Å². The first-order chi connectivity index (χ1) is 19.4. The van der Waals surface area contributed by atoms with E-state index in [9.17, 15) is 14.7 Å². The molecule has 0 aliphatic rings. The Morgan fingerprint density at radius 2 is 1.40 bits per heavy atom. The Morgan fingerprint density at radius 3 is 1.90 bits per heavy atom. The van der Waals surface area contributed by atoms with Gasteiger partial charge in [-0.3, -0.25) is 4.79 Å². The Labute approximate surface area is 235 Å². The molecule has 1 atom stereocenters. The van der Waals surface area contributed by atoms with E-state index in [1.54, 1.807) is 14.2 Å². The monoisotopic (exact) mass is 550 g/mol. The number of hydrogen-bond acceptors (Lipinski definition) is 6. The minimum atomic E-state index is -1.26. The number of amides is 2. The van der Waals surface area contributed by atoms with Crippen molar-refractivity contribution in [2.45, 2.75) is 43.9 Å². The lowest BCUT2D eigenvalue weighted by Crippen LogP contribution is -2.55. The van der Waals surface area contributed by atoms with E-state index in [-0.39, 0.29) is 25.5 Å². The van der Waals surface area contributed by atoms with E-state index in [0.717, 1.165) is 16.7 Å². The van der Waals surface area contributed by atoms with Crippen molar-refractivity contribution in [2.75, 3.05) is 27.4 Å². The average molecular weight is 551 g/mol. The van der Waals surface area contributed by atoms with Crippen molar-refractivity contribution in [3.05, 3.63) is 95.6 Å². The quantitative estimate of drug-likeness (QED) is 0.194. The summed E-state index contributed by atoms with van der Waals surface area (Å²) < 4.78 is 17.5. The number of aliphatic hydroxyl groups excluding tert-OH is 1. The van der Waals surface area contributed by atoms with Crippen LogP contribution < -0.4 is 20.1 Å². The first-order valence-corrected chi connectivity index (χ1v) is 13.3. The molecule has 0 saturated carbocycles. The Balaban J connectivity index is 1.95. The highest BCUT2D eigenvalue weighted by molar-refractivity contribution is 5.76. The van der Waals surface area contributed by atoms with E-state index in [1.165, 1.54) is 0 Å². The lowest BCUT2D eigenvalue weighted by atomic mass is 9.79. The third-order valence-electron chi connectivity index (χ3n) is 6.71. The van der Waals surface area contributed by atoms with Crippen molar-refractivity contribution in [3.8, 4) is 11.5 Å². The van der Waals surface area contributed by atoms with Crippen molar-refractivity contribution < 1.29 is 34.0 Å². The summed E-state index contributed by atoms with van der Waals surface area (Å²) >= 11 is 0. The van der Waals surface area contributed by atoms with Crippen LogP contribution in [0.5, 0.6) is 11.5 Å². The molecule has 0 radical (unpaired) electrons. The van der Waals surface area contributed by atoms with Crippen molar-refractivity contribution >= 4 is 12.0 Å². The zero-order valence-corrected chi connectivity index (χ0v) is 23.0. The Morgan fingerprint density at radius 1 is 0.825 bits per heavy atom. The predicted octanol–water partition coefficient (Wildman–Crippen LogP) is 4.47. The molecule has 0 fully saturated rings. The highest BCUT2D eigenvalue weighted by Gasteiger charge is 2.44. The molecular formula is C31H38N2O7. The summed E-state index contributed by atoms with van der Waals surface area (Å²) in [6, 6.07) is 23.6. The number of unbranched alkanes of at least 4 members (excludes halogenated alkanes) is 2. The van der Waals surface area contributed by atoms with Crippen molar-refractivity contribution in [1.29, 1.82) is 0 Å². The number of carbonyl (C=O) groups excluding carboxylic acids is 1. The number of aliphatic hydroxyl groups is 1. The van der Waals surface area contributed by atoms with E-state index < -0.39 is 17.7 Å². The van der Waals surface area contributed by atoms with Gasteiger partial charge in [0.25, 0.3) is 0 Å². The maximum atomic E-state index is 13.1. The molecule has 214 valence electrons. The molecule has 4 N–H and O–H groups in total. The van der Waals surface area contributed by atoms with Crippen LogP contribution in [0.2, 0.25) is 0 Å². The third kappa shape index (κ3) is 8.21. The molecule has 40 heavy (non-hydrogen) atoms. The van der Waals surface area contributed by atoms with E-state index in [1.807, 2.05) is 78.9 Å². The summed E-state index contributed by atoms with van der Waals surface area (Å²) in [6.07, 6.45) is 1.06. The summed E-state index contributed by atoms with van der Waals surface area (Å²) in [7, 11) is 3.18. The van der Waals surface area contributed by atoms with Crippen molar-refractivity contribution in [1.82, 2.24) is 10.6 Å². The molecule has 9 heteroatoms. The fraction of sp³-hybridized carbons (Fsp3) is 0.355. The second kappa shape index (κ2) is 15.5. The van der Waals surface area contributed by atoms with Gasteiger partial charge in [-0.25, -0.2) is 4.79 Å². The predicted molar refractivity (Wildman–Crippen MR) is 152 cm³/mol. The van der Waals surface area contributed by atoms with E-state index in [0.29, 0.717) is 37.3 Å². The van der Waals surface area contributed by atoms with Crippen LogP contribution in [0.4, 0.5) is 4.79 Å². The van der Waals surface area contributed by atoms with Crippen LogP contribution in [0.1, 0.15) is 42.4 Å². The molecule has 0 bridgehead atoms. The Hall–Kier alpha value is -4.08. The third-order valence-corrected chi connectivity index (χ3v) is 6.71. The number of ether oxygens (including phenoxy) is 3. The number of carboxylic acid groups (broad SMARTS) is 1. The summed E-state index contributed by atoms with van der Waals surface area (Å²) in [5.74, 6) is 1.09. The minimum absolute atomic E-state index is 0.224. The zero-order valence-electron chi connectivity index (χ0n) is 23.0. The maximum Gasteiger partial charge on any atom is 0.404 e. The van der Waals surface area contributed by atoms with Crippen LogP contribution in [0.3, 0.4) is 0 Å². The van der Waals surface area contributed by atoms with Crippen LogP contribution in [0, 0.1) is 0 Å². The standard InChI is InChI=1S/C31H38N2O7/c1-38-26-16-12-24(13-17-26)31(25-14-18-27(39-2)19-15-25,40-22-23-9-5-3-6-10-23)28(21-34)33-29(35)11-7-4-8-20-32-30(36)37/h3,5-6,9-10,12-19,28,32,34H,4,7-8,11,20-22H2,1-2H3,(H,33,35)(H,36,37). The minimum Gasteiger partial charge on any atom is -0.497 e. The highest BCUT2D eigenvalue weighted by atomic mass is 16.5. The van der Waals surface area contributed by atoms with Crippen LogP contribution in [-0.4, -0.2) is 55.6 Å². The number of methoxy groups -OCH3 is 2. The lowest BCUT2D eigenvalue weighted by molar-refractivity contribution is -0.127. The first-order valence-electron chi connectivity index (χ1n) is 13.3. The normalized spacial score (nSPS) is 11.9. The lowest BCUT2D eigenvalue weighted by Gasteiger charge is -2.41. The molecule has 9 nitrogen and oxygen atoms in total. The summed E-state index contributed by atoms with van der Waals surface area (Å²) in [5, 5.41) is 24.8. The van der Waals surface area contributed by atoms with Crippen molar-refractivity contribution in [3.63, 3.8) is 0 Å². The molecule has 3 rings (SSSR count). The van der Waals surface area contributed by atoms with Gasteiger partial charge in [0, 0.05) is 13.0 Å². The molecule has 0 heterocycles. The van der Waals surface area contributed by atoms with E-state index >= 15 is 0 Å². The molecule has 2 amide bonds. The number of hydrogen-bond donors (Lipinski definition) is 4. The maximum absolute atomic E-state index is 13.1. The topological polar surface area (TPSA) is 126 Å². The Bertz CT molecular complexity index is 1140. The molecular weight excluding hydrogens is 512 g/mol. The summed E-state index contributed by atoms with van der Waals surface area (Å²) in [5.41, 5.74) is 1.14. The fourth-order valence-corrected chi connectivity index (χ4v) is 4.61. The molecule has 0 aliphatic heterocycles. The summed E-state index contributed by atoms with van der Waals surface area (Å²) in [4.78, 5) is 23.7. The number of benzene rings is 3. The molecule has 3 aromatic carbocycles. The van der Waals surface area contributed by atoms with Crippen LogP contribution in [0.25, 0.3) is 0 Å². The zero-order chi connectivity index (χ0) is 28.8. The van der Waals surface area contributed by atoms with Gasteiger partial charge in [0.1, 0.15) is 17.1 Å². The smallest absolute Gasteiger partial charge is 0.404 e. The van der Waals surface area contributed by atoms with Gasteiger partial charge < -0.3 is 35.1 Å². The number of rotatable bonds is 16. The number of nitrogens with one attached hydrogen (secondary N) is 2. The molecule has 0 saturated heterocycles. The fourth-order valence-electron chi connectivity index (χ4n) is 4.61. The van der Waals surface area contributed by atoms with Gasteiger partial charge in [0.05, 0.1) is 33.5 Å². The SMILES string of the molecule is COc1ccc(C(OCc2ccccc2)(c2ccc(OC)cc2)C(CO)NC(=O)CCCCCNC(=O)O)cc1.